The Morgan fingerprint density at radius 2 is 2.20 bits per heavy atom. The summed E-state index contributed by atoms with van der Waals surface area (Å²) in [5, 5.41) is 6.99. The van der Waals surface area contributed by atoms with Gasteiger partial charge in [-0.1, -0.05) is 23.2 Å². The van der Waals surface area contributed by atoms with Crippen LogP contribution in [-0.2, 0) is 4.74 Å². The first-order valence-corrected chi connectivity index (χ1v) is 7.34. The van der Waals surface area contributed by atoms with Gasteiger partial charge in [-0.25, -0.2) is 0 Å². The molecule has 1 fully saturated rings. The summed E-state index contributed by atoms with van der Waals surface area (Å²) in [5.41, 5.74) is 1.02. The van der Waals surface area contributed by atoms with E-state index in [1.807, 2.05) is 0 Å². The zero-order valence-corrected chi connectivity index (χ0v) is 13.1. The van der Waals surface area contributed by atoms with E-state index in [0.29, 0.717) is 23.0 Å². The quantitative estimate of drug-likeness (QED) is 0.795. The van der Waals surface area contributed by atoms with Crippen LogP contribution in [0.5, 0.6) is 0 Å². The second kappa shape index (κ2) is 6.80. The van der Waals surface area contributed by atoms with E-state index in [1.165, 1.54) is 0 Å². The number of halogens is 2. The molecule has 3 N–H and O–H groups in total. The van der Waals surface area contributed by atoms with Crippen LogP contribution in [0.3, 0.4) is 0 Å². The van der Waals surface area contributed by atoms with Crippen molar-refractivity contribution in [2.24, 2.45) is 5.92 Å². The Hall–Kier alpha value is -0.750. The monoisotopic (exact) mass is 319 g/mol. The van der Waals surface area contributed by atoms with E-state index in [1.54, 1.807) is 14.0 Å². The van der Waals surface area contributed by atoms with Crippen LogP contribution in [0.15, 0.2) is 0 Å². The molecule has 1 aromatic rings. The van der Waals surface area contributed by atoms with Gasteiger partial charge >= 0.3 is 0 Å². The lowest BCUT2D eigenvalue weighted by Gasteiger charge is -2.32. The SMILES string of the molecule is COCC1CNCCC1NC(=O)c1[nH]c(C)c(Cl)c1Cl. The van der Waals surface area contributed by atoms with Crippen molar-refractivity contribution in [1.82, 2.24) is 15.6 Å². The zero-order chi connectivity index (χ0) is 14.7. The number of piperidine rings is 1. The minimum Gasteiger partial charge on any atom is -0.384 e. The van der Waals surface area contributed by atoms with Crippen molar-refractivity contribution < 1.29 is 9.53 Å². The molecule has 0 saturated carbocycles. The van der Waals surface area contributed by atoms with Gasteiger partial charge in [0.25, 0.3) is 5.91 Å². The highest BCUT2D eigenvalue weighted by Gasteiger charge is 2.28. The number of carbonyl (C=O) groups excluding carboxylic acids is 1. The molecule has 0 bridgehead atoms. The third-order valence-electron chi connectivity index (χ3n) is 3.59. The topological polar surface area (TPSA) is 66.2 Å². The van der Waals surface area contributed by atoms with Crippen LogP contribution < -0.4 is 10.6 Å². The molecule has 5 nitrogen and oxygen atoms in total. The summed E-state index contributed by atoms with van der Waals surface area (Å²) < 4.78 is 5.20. The Balaban J connectivity index is 2.07. The second-order valence-corrected chi connectivity index (χ2v) is 5.80. The first kappa shape index (κ1) is 15.6. The Kier molecular flexibility index (Phi) is 5.32. The predicted octanol–water partition coefficient (Wildman–Crippen LogP) is 1.98. The molecule has 0 spiro atoms. The van der Waals surface area contributed by atoms with Gasteiger partial charge in [0.15, 0.2) is 0 Å². The maximum Gasteiger partial charge on any atom is 0.269 e. The summed E-state index contributed by atoms with van der Waals surface area (Å²) in [5.74, 6) is 0.0287. The van der Waals surface area contributed by atoms with Crippen molar-refractivity contribution in [3.05, 3.63) is 21.4 Å². The third kappa shape index (κ3) is 3.28. The van der Waals surface area contributed by atoms with Crippen molar-refractivity contribution in [1.29, 1.82) is 0 Å². The fraction of sp³-hybridized carbons (Fsp3) is 0.615. The Morgan fingerprint density at radius 3 is 2.80 bits per heavy atom. The predicted molar refractivity (Wildman–Crippen MR) is 79.7 cm³/mol. The zero-order valence-electron chi connectivity index (χ0n) is 11.6. The number of hydrogen-bond donors (Lipinski definition) is 3. The standard InChI is InChI=1S/C13H19Cl2N3O2/c1-7-10(14)11(15)12(17-7)13(19)18-9-3-4-16-5-8(9)6-20-2/h8-9,16-17H,3-6H2,1-2H3,(H,18,19). The van der Waals surface area contributed by atoms with Crippen molar-refractivity contribution >= 4 is 29.1 Å². The number of hydrogen-bond acceptors (Lipinski definition) is 3. The molecule has 1 aromatic heterocycles. The van der Waals surface area contributed by atoms with Crippen molar-refractivity contribution in [3.63, 3.8) is 0 Å². The molecule has 1 aliphatic rings. The second-order valence-electron chi connectivity index (χ2n) is 5.04. The van der Waals surface area contributed by atoms with Gasteiger partial charge in [0.1, 0.15) is 5.69 Å². The molecular weight excluding hydrogens is 301 g/mol. The Morgan fingerprint density at radius 1 is 1.45 bits per heavy atom. The van der Waals surface area contributed by atoms with Gasteiger partial charge in [-0.05, 0) is 19.9 Å². The van der Waals surface area contributed by atoms with Crippen molar-refractivity contribution in [3.8, 4) is 0 Å². The van der Waals surface area contributed by atoms with Crippen LogP contribution in [0.2, 0.25) is 10.0 Å². The van der Waals surface area contributed by atoms with Crippen LogP contribution >= 0.6 is 23.2 Å². The average Bonchev–Trinajstić information content (AvgIpc) is 2.69. The highest BCUT2D eigenvalue weighted by atomic mass is 35.5. The first-order valence-electron chi connectivity index (χ1n) is 6.58. The fourth-order valence-electron chi connectivity index (χ4n) is 2.47. The summed E-state index contributed by atoms with van der Waals surface area (Å²) in [6, 6.07) is 0.0714. The van der Waals surface area contributed by atoms with Gasteiger partial charge in [-0.2, -0.15) is 0 Å². The Labute approximate surface area is 128 Å². The highest BCUT2D eigenvalue weighted by molar-refractivity contribution is 6.44. The average molecular weight is 320 g/mol. The number of nitrogens with one attached hydrogen (secondary N) is 3. The maximum absolute atomic E-state index is 12.3. The van der Waals surface area contributed by atoms with Gasteiger partial charge in [-0.15, -0.1) is 0 Å². The molecule has 2 unspecified atom stereocenters. The highest BCUT2D eigenvalue weighted by Crippen LogP contribution is 2.29. The molecule has 0 aromatic carbocycles. The van der Waals surface area contributed by atoms with E-state index in [0.717, 1.165) is 19.5 Å². The van der Waals surface area contributed by atoms with E-state index in [-0.39, 0.29) is 22.9 Å². The first-order chi connectivity index (χ1) is 9.54. The molecule has 7 heteroatoms. The summed E-state index contributed by atoms with van der Waals surface area (Å²) in [7, 11) is 1.67. The number of ether oxygens (including phenoxy) is 1. The molecule has 1 saturated heterocycles. The van der Waals surface area contributed by atoms with Crippen LogP contribution in [0.4, 0.5) is 0 Å². The molecule has 112 valence electrons. The number of H-pyrrole nitrogens is 1. The van der Waals surface area contributed by atoms with Crippen LogP contribution in [-0.4, -0.2) is 43.7 Å². The molecule has 1 amide bonds. The van der Waals surface area contributed by atoms with Gasteiger partial charge < -0.3 is 20.4 Å². The largest absolute Gasteiger partial charge is 0.384 e. The number of aromatic amines is 1. The lowest BCUT2D eigenvalue weighted by molar-refractivity contribution is 0.0836. The van der Waals surface area contributed by atoms with Gasteiger partial charge in [0.2, 0.25) is 0 Å². The molecule has 20 heavy (non-hydrogen) atoms. The third-order valence-corrected chi connectivity index (χ3v) is 4.53. The molecule has 2 rings (SSSR count). The lowest BCUT2D eigenvalue weighted by Crippen LogP contribution is -2.51. The molecule has 2 atom stereocenters. The Bertz CT molecular complexity index is 488. The summed E-state index contributed by atoms with van der Waals surface area (Å²) in [6.07, 6.45) is 0.866. The normalized spacial score (nSPS) is 22.8. The van der Waals surface area contributed by atoms with Crippen LogP contribution in [0.25, 0.3) is 0 Å². The number of aryl methyl sites for hydroxylation is 1. The van der Waals surface area contributed by atoms with Crippen LogP contribution in [0.1, 0.15) is 22.6 Å². The smallest absolute Gasteiger partial charge is 0.269 e. The van der Waals surface area contributed by atoms with E-state index < -0.39 is 0 Å². The van der Waals surface area contributed by atoms with Gasteiger partial charge in [0.05, 0.1) is 16.7 Å². The number of amides is 1. The van der Waals surface area contributed by atoms with E-state index >= 15 is 0 Å². The molecule has 0 aliphatic carbocycles. The molecular formula is C13H19Cl2N3O2. The molecule has 0 radical (unpaired) electrons. The minimum absolute atomic E-state index is 0.0714. The maximum atomic E-state index is 12.3. The molecule has 2 heterocycles. The number of carbonyl (C=O) groups is 1. The number of methoxy groups -OCH3 is 1. The van der Waals surface area contributed by atoms with E-state index in [2.05, 4.69) is 15.6 Å². The lowest BCUT2D eigenvalue weighted by atomic mass is 9.94. The van der Waals surface area contributed by atoms with Crippen molar-refractivity contribution in [2.75, 3.05) is 26.8 Å². The number of rotatable bonds is 4. The summed E-state index contributed by atoms with van der Waals surface area (Å²) in [4.78, 5) is 15.2. The van der Waals surface area contributed by atoms with Gasteiger partial charge in [-0.3, -0.25) is 4.79 Å². The summed E-state index contributed by atoms with van der Waals surface area (Å²) in [6.45, 7) is 4.10. The molecule has 1 aliphatic heterocycles. The fourth-order valence-corrected chi connectivity index (χ4v) is 2.89. The van der Waals surface area contributed by atoms with Crippen molar-refractivity contribution in [2.45, 2.75) is 19.4 Å². The minimum atomic E-state index is -0.224. The van der Waals surface area contributed by atoms with E-state index in [9.17, 15) is 4.79 Å². The van der Waals surface area contributed by atoms with E-state index in [4.69, 9.17) is 27.9 Å². The summed E-state index contributed by atoms with van der Waals surface area (Å²) >= 11 is 12.1. The number of aromatic nitrogens is 1. The van der Waals surface area contributed by atoms with Crippen LogP contribution in [0, 0.1) is 12.8 Å². The van der Waals surface area contributed by atoms with Gasteiger partial charge in [0, 0.05) is 31.3 Å².